The Hall–Kier alpha value is -1.59. The lowest BCUT2D eigenvalue weighted by Crippen LogP contribution is -2.45. The van der Waals surface area contributed by atoms with Crippen molar-refractivity contribution in [2.45, 2.75) is 32.4 Å². The zero-order valence-corrected chi connectivity index (χ0v) is 13.1. The summed E-state index contributed by atoms with van der Waals surface area (Å²) in [5.41, 5.74) is 1.02. The molecule has 2 aromatic rings. The summed E-state index contributed by atoms with van der Waals surface area (Å²) < 4.78 is 10.9. The fraction of sp³-hybridized carbons (Fsp3) is 0.588. The van der Waals surface area contributed by atoms with Crippen molar-refractivity contribution in [3.05, 3.63) is 41.7 Å². The number of hydrogen-bond donors (Lipinski definition) is 0. The summed E-state index contributed by atoms with van der Waals surface area (Å²) in [4.78, 5) is 4.89. The van der Waals surface area contributed by atoms with Crippen molar-refractivity contribution in [1.82, 2.24) is 15.0 Å². The van der Waals surface area contributed by atoms with Gasteiger partial charge in [-0.2, -0.15) is 0 Å². The van der Waals surface area contributed by atoms with Crippen LogP contribution in [0.3, 0.4) is 0 Å². The molecule has 5 nitrogen and oxygen atoms in total. The first-order valence-electron chi connectivity index (χ1n) is 8.20. The molecule has 0 radical (unpaired) electrons. The van der Waals surface area contributed by atoms with Crippen molar-refractivity contribution < 1.29 is 8.94 Å². The third-order valence-corrected chi connectivity index (χ3v) is 4.88. The minimum absolute atomic E-state index is 0.674. The van der Waals surface area contributed by atoms with Crippen LogP contribution in [0, 0.1) is 5.92 Å². The van der Waals surface area contributed by atoms with E-state index in [9.17, 15) is 0 Å². The van der Waals surface area contributed by atoms with Gasteiger partial charge in [0.2, 0.25) is 0 Å². The Bertz CT molecular complexity index is 599. The molecule has 0 aromatic carbocycles. The summed E-state index contributed by atoms with van der Waals surface area (Å²) in [6.45, 7) is 8.40. The molecule has 4 rings (SSSR count). The Labute approximate surface area is 130 Å². The molecule has 3 heterocycles. The largest absolute Gasteiger partial charge is 0.464 e. The Morgan fingerprint density at radius 2 is 1.82 bits per heavy atom. The highest BCUT2D eigenvalue weighted by Gasteiger charge is 2.36. The fourth-order valence-corrected chi connectivity index (χ4v) is 3.27. The molecular weight excluding hydrogens is 278 g/mol. The molecule has 1 aliphatic heterocycles. The Morgan fingerprint density at radius 1 is 1.09 bits per heavy atom. The number of hydrogen-bond acceptors (Lipinski definition) is 5. The molecule has 1 saturated carbocycles. The molecular formula is C17H23N3O2. The zero-order chi connectivity index (χ0) is 14.9. The summed E-state index contributed by atoms with van der Waals surface area (Å²) in [6, 6.07) is 6.27. The van der Waals surface area contributed by atoms with E-state index in [1.54, 1.807) is 6.26 Å². The molecule has 0 amide bonds. The molecule has 1 aliphatic carbocycles. The number of aromatic nitrogens is 1. The van der Waals surface area contributed by atoms with Crippen LogP contribution < -0.4 is 0 Å². The smallest absolute Gasteiger partial charge is 0.124 e. The number of nitrogens with zero attached hydrogens (tertiary/aromatic N) is 3. The second-order valence-corrected chi connectivity index (χ2v) is 6.67. The lowest BCUT2D eigenvalue weighted by atomic mass is 10.2. The van der Waals surface area contributed by atoms with E-state index >= 15 is 0 Å². The second-order valence-electron chi connectivity index (χ2n) is 6.67. The molecule has 2 aromatic heterocycles. The van der Waals surface area contributed by atoms with Crippen molar-refractivity contribution in [3.63, 3.8) is 0 Å². The van der Waals surface area contributed by atoms with Gasteiger partial charge in [-0.25, -0.2) is 0 Å². The maximum absolute atomic E-state index is 6.02. The number of rotatable bonds is 5. The quantitative estimate of drug-likeness (QED) is 0.849. The topological polar surface area (TPSA) is 45.7 Å². The summed E-state index contributed by atoms with van der Waals surface area (Å²) >= 11 is 0. The van der Waals surface area contributed by atoms with Gasteiger partial charge in [-0.15, -0.1) is 0 Å². The Morgan fingerprint density at radius 3 is 2.45 bits per heavy atom. The van der Waals surface area contributed by atoms with E-state index in [1.807, 2.05) is 6.07 Å². The minimum atomic E-state index is 0.674. The predicted molar refractivity (Wildman–Crippen MR) is 82.3 cm³/mol. The summed E-state index contributed by atoms with van der Waals surface area (Å²) in [7, 11) is 0. The maximum atomic E-state index is 6.02. The van der Waals surface area contributed by atoms with Crippen LogP contribution in [0.25, 0.3) is 0 Å². The van der Waals surface area contributed by atoms with Crippen molar-refractivity contribution >= 4 is 0 Å². The van der Waals surface area contributed by atoms with Gasteiger partial charge in [0.25, 0.3) is 0 Å². The van der Waals surface area contributed by atoms with Crippen molar-refractivity contribution in [3.8, 4) is 0 Å². The van der Waals surface area contributed by atoms with Gasteiger partial charge in [0.1, 0.15) is 17.8 Å². The third kappa shape index (κ3) is 3.10. The van der Waals surface area contributed by atoms with Gasteiger partial charge in [0, 0.05) is 44.7 Å². The highest BCUT2D eigenvalue weighted by atomic mass is 16.5. The first kappa shape index (κ1) is 14.0. The van der Waals surface area contributed by atoms with Crippen molar-refractivity contribution in [2.75, 3.05) is 26.2 Å². The highest BCUT2D eigenvalue weighted by Crippen LogP contribution is 2.47. The van der Waals surface area contributed by atoms with Crippen LogP contribution in [0.2, 0.25) is 0 Å². The van der Waals surface area contributed by atoms with Gasteiger partial charge in [-0.05, 0) is 24.5 Å². The van der Waals surface area contributed by atoms with E-state index < -0.39 is 0 Å². The van der Waals surface area contributed by atoms with Crippen LogP contribution in [0.15, 0.2) is 33.4 Å². The zero-order valence-electron chi connectivity index (χ0n) is 13.1. The Kier molecular flexibility index (Phi) is 3.76. The van der Waals surface area contributed by atoms with Crippen LogP contribution in [0.5, 0.6) is 0 Å². The van der Waals surface area contributed by atoms with E-state index in [2.05, 4.69) is 34.0 Å². The van der Waals surface area contributed by atoms with Gasteiger partial charge >= 0.3 is 0 Å². The van der Waals surface area contributed by atoms with Crippen LogP contribution in [0.1, 0.15) is 36.5 Å². The molecule has 22 heavy (non-hydrogen) atoms. The van der Waals surface area contributed by atoms with E-state index in [4.69, 9.17) is 8.94 Å². The average Bonchev–Trinajstić information content (AvgIpc) is 2.95. The van der Waals surface area contributed by atoms with Crippen LogP contribution in [0.4, 0.5) is 0 Å². The third-order valence-electron chi connectivity index (χ3n) is 4.88. The van der Waals surface area contributed by atoms with Crippen molar-refractivity contribution in [2.24, 2.45) is 5.92 Å². The molecule has 5 heteroatoms. The Balaban J connectivity index is 1.26. The summed E-state index contributed by atoms with van der Waals surface area (Å²) in [5.74, 6) is 3.78. The molecule has 2 atom stereocenters. The molecule has 0 bridgehead atoms. The summed E-state index contributed by atoms with van der Waals surface area (Å²) in [6.07, 6.45) is 2.93. The lowest BCUT2D eigenvalue weighted by molar-refractivity contribution is 0.114. The monoisotopic (exact) mass is 301 g/mol. The first-order valence-corrected chi connectivity index (χ1v) is 8.20. The molecule has 118 valence electrons. The molecule has 0 unspecified atom stereocenters. The van der Waals surface area contributed by atoms with Crippen LogP contribution >= 0.6 is 0 Å². The van der Waals surface area contributed by atoms with Gasteiger partial charge in [-0.3, -0.25) is 9.80 Å². The van der Waals surface area contributed by atoms with Crippen LogP contribution in [-0.2, 0) is 13.1 Å². The minimum Gasteiger partial charge on any atom is -0.464 e. The van der Waals surface area contributed by atoms with Gasteiger partial charge < -0.3 is 8.94 Å². The van der Waals surface area contributed by atoms with Crippen LogP contribution in [-0.4, -0.2) is 41.1 Å². The van der Waals surface area contributed by atoms with Gasteiger partial charge in [-0.1, -0.05) is 12.1 Å². The number of piperazine rings is 1. The van der Waals surface area contributed by atoms with E-state index in [0.29, 0.717) is 5.92 Å². The van der Waals surface area contributed by atoms with E-state index in [-0.39, 0.29) is 0 Å². The standard InChI is InChI=1S/C17H23N3O2/c1-13-10-16(13)17-3-2-15(22-17)12-20-7-5-19(6-8-20)11-14-4-9-21-18-14/h2-4,9,13,16H,5-8,10-12H2,1H3/t13-,16+/m1/s1. The highest BCUT2D eigenvalue weighted by molar-refractivity contribution is 5.17. The maximum Gasteiger partial charge on any atom is 0.124 e. The SMILES string of the molecule is C[C@@H]1C[C@@H]1c1ccc(CN2CCN(Cc3ccon3)CC2)o1. The van der Waals surface area contributed by atoms with Gasteiger partial charge in [0.15, 0.2) is 0 Å². The molecule has 0 spiro atoms. The lowest BCUT2D eigenvalue weighted by Gasteiger charge is -2.33. The first-order chi connectivity index (χ1) is 10.8. The fourth-order valence-electron chi connectivity index (χ4n) is 3.27. The normalized spacial score (nSPS) is 26.4. The predicted octanol–water partition coefficient (Wildman–Crippen LogP) is 2.71. The molecule has 2 aliphatic rings. The van der Waals surface area contributed by atoms with Crippen molar-refractivity contribution in [1.29, 1.82) is 0 Å². The average molecular weight is 301 g/mol. The number of furan rings is 1. The summed E-state index contributed by atoms with van der Waals surface area (Å²) in [5, 5.41) is 3.98. The molecule has 2 fully saturated rings. The van der Waals surface area contributed by atoms with Gasteiger partial charge in [0.05, 0.1) is 12.2 Å². The molecule has 0 N–H and O–H groups in total. The second kappa shape index (κ2) is 5.89. The van der Waals surface area contributed by atoms with E-state index in [0.717, 1.165) is 56.6 Å². The van der Waals surface area contributed by atoms with E-state index in [1.165, 1.54) is 12.2 Å². The molecule has 1 saturated heterocycles.